The minimum absolute atomic E-state index is 0.0725. The number of hydrogen-bond acceptors (Lipinski definition) is 5. The SMILES string of the molecule is Cc1cnc(NC(=O)CCCOc2ccnc(C(F)(F)F)c2)s1. The van der Waals surface area contributed by atoms with E-state index in [1.807, 2.05) is 6.92 Å². The Kier molecular flexibility index (Phi) is 5.54. The van der Waals surface area contributed by atoms with Crippen LogP contribution in [0.1, 0.15) is 23.4 Å². The summed E-state index contributed by atoms with van der Waals surface area (Å²) >= 11 is 1.37. The van der Waals surface area contributed by atoms with Crippen LogP contribution >= 0.6 is 11.3 Å². The lowest BCUT2D eigenvalue weighted by Gasteiger charge is -2.09. The zero-order chi connectivity index (χ0) is 16.9. The number of alkyl halides is 3. The third-order valence-electron chi connectivity index (χ3n) is 2.71. The van der Waals surface area contributed by atoms with Crippen LogP contribution in [0.15, 0.2) is 24.5 Å². The number of hydrogen-bond donors (Lipinski definition) is 1. The van der Waals surface area contributed by atoms with Crippen molar-refractivity contribution < 1.29 is 22.7 Å². The Morgan fingerprint density at radius 2 is 2.17 bits per heavy atom. The van der Waals surface area contributed by atoms with Gasteiger partial charge in [-0.3, -0.25) is 9.78 Å². The van der Waals surface area contributed by atoms with E-state index in [2.05, 4.69) is 15.3 Å². The zero-order valence-corrected chi connectivity index (χ0v) is 13.0. The van der Waals surface area contributed by atoms with Crippen LogP contribution in [0, 0.1) is 6.92 Å². The van der Waals surface area contributed by atoms with E-state index in [1.165, 1.54) is 17.4 Å². The molecule has 1 amide bonds. The number of aryl methyl sites for hydroxylation is 1. The first-order chi connectivity index (χ1) is 10.8. The molecule has 5 nitrogen and oxygen atoms in total. The molecule has 0 bridgehead atoms. The number of thiazole rings is 1. The van der Waals surface area contributed by atoms with Crippen molar-refractivity contribution in [2.45, 2.75) is 25.9 Å². The summed E-state index contributed by atoms with van der Waals surface area (Å²) in [4.78, 5) is 19.9. The number of nitrogens with zero attached hydrogens (tertiary/aromatic N) is 2. The van der Waals surface area contributed by atoms with E-state index >= 15 is 0 Å². The Balaban J connectivity index is 1.74. The number of rotatable bonds is 6. The highest BCUT2D eigenvalue weighted by molar-refractivity contribution is 7.15. The van der Waals surface area contributed by atoms with E-state index in [-0.39, 0.29) is 24.7 Å². The molecule has 2 aromatic heterocycles. The maximum Gasteiger partial charge on any atom is 0.433 e. The lowest BCUT2D eigenvalue weighted by atomic mass is 10.3. The van der Waals surface area contributed by atoms with Gasteiger partial charge in [-0.15, -0.1) is 11.3 Å². The van der Waals surface area contributed by atoms with Crippen LogP contribution in [0.3, 0.4) is 0 Å². The van der Waals surface area contributed by atoms with Crippen LogP contribution in [0.2, 0.25) is 0 Å². The number of halogens is 3. The second kappa shape index (κ2) is 7.40. The molecule has 0 radical (unpaired) electrons. The maximum atomic E-state index is 12.5. The Hall–Kier alpha value is -2.16. The summed E-state index contributed by atoms with van der Waals surface area (Å²) in [5.41, 5.74) is -1.01. The fraction of sp³-hybridized carbons (Fsp3) is 0.357. The Morgan fingerprint density at radius 3 is 2.83 bits per heavy atom. The van der Waals surface area contributed by atoms with E-state index < -0.39 is 11.9 Å². The van der Waals surface area contributed by atoms with Crippen LogP contribution in [0.4, 0.5) is 18.3 Å². The Morgan fingerprint density at radius 1 is 1.39 bits per heavy atom. The summed E-state index contributed by atoms with van der Waals surface area (Å²) in [6.45, 7) is 2.01. The highest BCUT2D eigenvalue weighted by atomic mass is 32.1. The van der Waals surface area contributed by atoms with Crippen LogP contribution in [-0.4, -0.2) is 22.5 Å². The van der Waals surface area contributed by atoms with Crippen molar-refractivity contribution in [3.05, 3.63) is 35.1 Å². The molecule has 9 heteroatoms. The molecule has 1 N–H and O–H groups in total. The molecule has 0 aliphatic rings. The highest BCUT2D eigenvalue weighted by Gasteiger charge is 2.32. The number of carbonyl (C=O) groups excluding carboxylic acids is 1. The molecule has 23 heavy (non-hydrogen) atoms. The van der Waals surface area contributed by atoms with E-state index in [0.717, 1.165) is 17.1 Å². The first kappa shape index (κ1) is 17.2. The number of nitrogens with one attached hydrogen (secondary N) is 1. The van der Waals surface area contributed by atoms with Crippen molar-refractivity contribution in [2.24, 2.45) is 0 Å². The number of anilines is 1. The van der Waals surface area contributed by atoms with Gasteiger partial charge >= 0.3 is 6.18 Å². The van der Waals surface area contributed by atoms with Gasteiger partial charge in [0.1, 0.15) is 11.4 Å². The molecule has 124 valence electrons. The van der Waals surface area contributed by atoms with E-state index in [4.69, 9.17) is 4.74 Å². The van der Waals surface area contributed by atoms with Gasteiger partial charge in [-0.1, -0.05) is 0 Å². The van der Waals surface area contributed by atoms with Crippen molar-refractivity contribution in [2.75, 3.05) is 11.9 Å². The van der Waals surface area contributed by atoms with Crippen LogP contribution in [-0.2, 0) is 11.0 Å². The number of pyridine rings is 1. The molecule has 0 saturated carbocycles. The Bertz CT molecular complexity index is 673. The molecule has 0 saturated heterocycles. The molecule has 2 aromatic rings. The predicted octanol–water partition coefficient (Wildman–Crippen LogP) is 3.66. The van der Waals surface area contributed by atoms with Gasteiger partial charge in [-0.25, -0.2) is 4.98 Å². The third-order valence-corrected chi connectivity index (χ3v) is 3.53. The smallest absolute Gasteiger partial charge is 0.433 e. The summed E-state index contributed by atoms with van der Waals surface area (Å²) in [7, 11) is 0. The number of carbonyl (C=O) groups is 1. The molecule has 0 aliphatic carbocycles. The molecular formula is C14H14F3N3O2S. The minimum Gasteiger partial charge on any atom is -0.493 e. The average molecular weight is 345 g/mol. The van der Waals surface area contributed by atoms with E-state index in [9.17, 15) is 18.0 Å². The van der Waals surface area contributed by atoms with E-state index in [1.54, 1.807) is 6.20 Å². The molecular weight excluding hydrogens is 331 g/mol. The number of ether oxygens (including phenoxy) is 1. The van der Waals surface area contributed by atoms with Crippen LogP contribution < -0.4 is 10.1 Å². The largest absolute Gasteiger partial charge is 0.493 e. The van der Waals surface area contributed by atoms with Gasteiger partial charge in [0.05, 0.1) is 6.61 Å². The predicted molar refractivity (Wildman–Crippen MR) is 79.4 cm³/mol. The van der Waals surface area contributed by atoms with Gasteiger partial charge in [-0.2, -0.15) is 13.2 Å². The minimum atomic E-state index is -4.51. The fourth-order valence-corrected chi connectivity index (χ4v) is 2.35. The van der Waals surface area contributed by atoms with Gasteiger partial charge in [0.25, 0.3) is 0 Å². The second-order valence-corrected chi connectivity index (χ2v) is 5.89. The molecule has 0 aromatic carbocycles. The Labute approximate surface area is 134 Å². The number of aromatic nitrogens is 2. The van der Waals surface area contributed by atoms with Gasteiger partial charge in [-0.05, 0) is 19.4 Å². The van der Waals surface area contributed by atoms with Crippen LogP contribution in [0.25, 0.3) is 0 Å². The summed E-state index contributed by atoms with van der Waals surface area (Å²) in [6.07, 6.45) is -1.25. The standard InChI is InChI=1S/C14H14F3N3O2S/c1-9-8-19-13(23-9)20-12(21)3-2-6-22-10-4-5-18-11(7-10)14(15,16)17/h4-5,7-8H,2-3,6H2,1H3,(H,19,20,21). The fourth-order valence-electron chi connectivity index (χ4n) is 1.67. The lowest BCUT2D eigenvalue weighted by Crippen LogP contribution is -2.13. The summed E-state index contributed by atoms with van der Waals surface area (Å²) < 4.78 is 42.7. The zero-order valence-electron chi connectivity index (χ0n) is 12.2. The maximum absolute atomic E-state index is 12.5. The quantitative estimate of drug-likeness (QED) is 0.812. The lowest BCUT2D eigenvalue weighted by molar-refractivity contribution is -0.141. The monoisotopic (exact) mass is 345 g/mol. The first-order valence-corrected chi connectivity index (χ1v) is 7.54. The summed E-state index contributed by atoms with van der Waals surface area (Å²) in [6, 6.07) is 2.17. The van der Waals surface area contributed by atoms with Crippen LogP contribution in [0.5, 0.6) is 5.75 Å². The highest BCUT2D eigenvalue weighted by Crippen LogP contribution is 2.29. The topological polar surface area (TPSA) is 64.1 Å². The van der Waals surface area contributed by atoms with Gasteiger partial charge in [0.2, 0.25) is 5.91 Å². The van der Waals surface area contributed by atoms with Gasteiger partial charge < -0.3 is 10.1 Å². The summed E-state index contributed by atoms with van der Waals surface area (Å²) in [5, 5.41) is 3.17. The van der Waals surface area contributed by atoms with Crippen molar-refractivity contribution in [3.8, 4) is 5.75 Å². The molecule has 0 atom stereocenters. The number of amides is 1. The van der Waals surface area contributed by atoms with Crippen molar-refractivity contribution in [3.63, 3.8) is 0 Å². The molecule has 0 spiro atoms. The van der Waals surface area contributed by atoms with Gasteiger partial charge in [0, 0.05) is 29.8 Å². The summed E-state index contributed by atoms with van der Waals surface area (Å²) in [5.74, 6) is -0.142. The van der Waals surface area contributed by atoms with Crippen molar-refractivity contribution >= 4 is 22.4 Å². The second-order valence-electron chi connectivity index (χ2n) is 4.65. The molecule has 2 heterocycles. The third kappa shape index (κ3) is 5.51. The average Bonchev–Trinajstić information content (AvgIpc) is 2.88. The van der Waals surface area contributed by atoms with Gasteiger partial charge in [0.15, 0.2) is 5.13 Å². The van der Waals surface area contributed by atoms with Crippen molar-refractivity contribution in [1.29, 1.82) is 0 Å². The molecule has 0 fully saturated rings. The normalized spacial score (nSPS) is 11.3. The first-order valence-electron chi connectivity index (χ1n) is 6.73. The van der Waals surface area contributed by atoms with Crippen molar-refractivity contribution in [1.82, 2.24) is 9.97 Å². The molecule has 2 rings (SSSR count). The van der Waals surface area contributed by atoms with E-state index in [0.29, 0.717) is 11.6 Å². The molecule has 0 aliphatic heterocycles. The molecule has 0 unspecified atom stereocenters.